The molecule has 0 aromatic carbocycles. The molecule has 0 amide bonds. The van der Waals surface area contributed by atoms with Gasteiger partial charge in [-0.2, -0.15) is 13.2 Å². The molecule has 0 bridgehead atoms. The number of aromatic amines is 1. The molecule has 0 saturated heterocycles. The van der Waals surface area contributed by atoms with Gasteiger partial charge in [0.1, 0.15) is 0 Å². The molecule has 1 rings (SSSR count). The average Bonchev–Trinajstić information content (AvgIpc) is 2.15. The normalized spacial score (nSPS) is 12.9. The van der Waals surface area contributed by atoms with Crippen LogP contribution < -0.4 is 10.3 Å². The van der Waals surface area contributed by atoms with Crippen molar-refractivity contribution in [3.05, 3.63) is 27.7 Å². The largest absolute Gasteiger partial charge is 0.573 e. The van der Waals surface area contributed by atoms with Crippen molar-refractivity contribution in [3.8, 4) is 5.75 Å². The third-order valence-electron chi connectivity index (χ3n) is 1.78. The van der Waals surface area contributed by atoms with Gasteiger partial charge in [0, 0.05) is 0 Å². The molecule has 1 N–H and O–H groups in total. The molecule has 3 nitrogen and oxygen atoms in total. The minimum Gasteiger partial charge on any atom is -0.404 e. The van der Waals surface area contributed by atoms with Gasteiger partial charge in [0.2, 0.25) is 0 Å². The summed E-state index contributed by atoms with van der Waals surface area (Å²) in [6.07, 6.45) is -14.5. The van der Waals surface area contributed by atoms with Crippen LogP contribution in [0.4, 0.5) is 35.1 Å². The van der Waals surface area contributed by atoms with Gasteiger partial charge in [-0.3, -0.25) is 4.79 Å². The molecule has 19 heavy (non-hydrogen) atoms. The molecule has 1 heterocycles. The van der Waals surface area contributed by atoms with Crippen molar-refractivity contribution in [2.24, 2.45) is 0 Å². The van der Waals surface area contributed by atoms with Crippen LogP contribution in [0.1, 0.15) is 17.7 Å². The van der Waals surface area contributed by atoms with Crippen LogP contribution in [0.2, 0.25) is 0 Å². The summed E-state index contributed by atoms with van der Waals surface area (Å²) in [5.74, 6) is -1.95. The maximum absolute atomic E-state index is 12.3. The van der Waals surface area contributed by atoms with E-state index in [2.05, 4.69) is 4.74 Å². The smallest absolute Gasteiger partial charge is 0.404 e. The van der Waals surface area contributed by atoms with E-state index in [9.17, 15) is 39.9 Å². The third-order valence-corrected chi connectivity index (χ3v) is 1.78. The lowest BCUT2D eigenvalue weighted by molar-refractivity contribution is -0.276. The first-order valence-electron chi connectivity index (χ1n) is 4.30. The molecule has 0 spiro atoms. The molecule has 0 unspecified atom stereocenters. The van der Waals surface area contributed by atoms with Crippen LogP contribution in [0.3, 0.4) is 0 Å². The standard InChI is InChI=1S/C8H3F8NO2/c9-5(10)2-1-3(19-8(14,15)16)4(7(11,12)13)17-6(2)18/h1,5H,(H,17,18). The Morgan fingerprint density at radius 3 is 2.00 bits per heavy atom. The first kappa shape index (κ1) is 15.2. The van der Waals surface area contributed by atoms with E-state index in [-0.39, 0.29) is 6.07 Å². The lowest BCUT2D eigenvalue weighted by atomic mass is 10.2. The topological polar surface area (TPSA) is 42.1 Å². The van der Waals surface area contributed by atoms with E-state index in [1.807, 2.05) is 0 Å². The number of H-pyrrole nitrogens is 1. The quantitative estimate of drug-likeness (QED) is 0.852. The van der Waals surface area contributed by atoms with E-state index in [0.29, 0.717) is 0 Å². The van der Waals surface area contributed by atoms with E-state index < -0.39 is 41.5 Å². The maximum atomic E-state index is 12.3. The summed E-state index contributed by atoms with van der Waals surface area (Å²) < 4.78 is 100. The van der Waals surface area contributed by atoms with Gasteiger partial charge in [0.05, 0.1) is 5.56 Å². The van der Waals surface area contributed by atoms with Crippen molar-refractivity contribution in [1.29, 1.82) is 0 Å². The van der Waals surface area contributed by atoms with Crippen LogP contribution in [0, 0.1) is 0 Å². The highest BCUT2D eigenvalue weighted by atomic mass is 19.4. The van der Waals surface area contributed by atoms with Gasteiger partial charge in [-0.05, 0) is 6.07 Å². The summed E-state index contributed by atoms with van der Waals surface area (Å²) in [5.41, 5.74) is -5.61. The molecule has 0 aliphatic heterocycles. The summed E-state index contributed by atoms with van der Waals surface area (Å²) >= 11 is 0. The number of halogens is 8. The van der Waals surface area contributed by atoms with Crippen molar-refractivity contribution >= 4 is 0 Å². The zero-order valence-electron chi connectivity index (χ0n) is 8.49. The van der Waals surface area contributed by atoms with Gasteiger partial charge in [0.25, 0.3) is 12.0 Å². The summed E-state index contributed by atoms with van der Waals surface area (Å²) in [7, 11) is 0. The Labute approximate surface area is 98.3 Å². The zero-order chi connectivity index (χ0) is 15.0. The van der Waals surface area contributed by atoms with Crippen molar-refractivity contribution in [2.45, 2.75) is 19.0 Å². The van der Waals surface area contributed by atoms with Crippen LogP contribution in [-0.2, 0) is 6.18 Å². The molecule has 0 aliphatic carbocycles. The minimum absolute atomic E-state index is 0.292. The number of rotatable bonds is 2. The number of alkyl halides is 8. The van der Waals surface area contributed by atoms with E-state index in [1.54, 1.807) is 0 Å². The molecule has 108 valence electrons. The monoisotopic (exact) mass is 297 g/mol. The Morgan fingerprint density at radius 1 is 1.11 bits per heavy atom. The Bertz CT molecular complexity index is 515. The van der Waals surface area contributed by atoms with Crippen LogP contribution in [-0.4, -0.2) is 11.3 Å². The second-order valence-electron chi connectivity index (χ2n) is 3.14. The van der Waals surface area contributed by atoms with Gasteiger partial charge in [-0.15, -0.1) is 13.2 Å². The summed E-state index contributed by atoms with van der Waals surface area (Å²) in [4.78, 5) is 11.8. The van der Waals surface area contributed by atoms with Gasteiger partial charge in [-0.1, -0.05) is 0 Å². The number of hydrogen-bond donors (Lipinski definition) is 1. The van der Waals surface area contributed by atoms with Crippen LogP contribution >= 0.6 is 0 Å². The van der Waals surface area contributed by atoms with Gasteiger partial charge in [-0.25, -0.2) is 8.78 Å². The second kappa shape index (κ2) is 4.70. The molecule has 0 atom stereocenters. The highest BCUT2D eigenvalue weighted by molar-refractivity contribution is 5.34. The summed E-state index contributed by atoms with van der Waals surface area (Å²) in [6.45, 7) is 0. The Kier molecular flexibility index (Phi) is 3.77. The zero-order valence-corrected chi connectivity index (χ0v) is 8.49. The van der Waals surface area contributed by atoms with Crippen LogP contribution in [0.5, 0.6) is 5.75 Å². The van der Waals surface area contributed by atoms with Crippen molar-refractivity contribution in [1.82, 2.24) is 4.98 Å². The van der Waals surface area contributed by atoms with Crippen molar-refractivity contribution < 1.29 is 39.9 Å². The fraction of sp³-hybridized carbons (Fsp3) is 0.375. The SMILES string of the molecule is O=c1[nH]c(C(F)(F)F)c(OC(F)(F)F)cc1C(F)F. The predicted molar refractivity (Wildman–Crippen MR) is 43.7 cm³/mol. The van der Waals surface area contributed by atoms with Crippen LogP contribution in [0.15, 0.2) is 10.9 Å². The Morgan fingerprint density at radius 2 is 1.63 bits per heavy atom. The first-order valence-corrected chi connectivity index (χ1v) is 4.30. The van der Waals surface area contributed by atoms with Crippen molar-refractivity contribution in [2.75, 3.05) is 0 Å². The molecule has 1 aromatic rings. The molecule has 0 fully saturated rings. The van der Waals surface area contributed by atoms with Crippen molar-refractivity contribution in [3.63, 3.8) is 0 Å². The fourth-order valence-corrected chi connectivity index (χ4v) is 1.10. The average molecular weight is 297 g/mol. The lowest BCUT2D eigenvalue weighted by Gasteiger charge is -2.15. The molecule has 0 radical (unpaired) electrons. The van der Waals surface area contributed by atoms with E-state index in [1.165, 1.54) is 0 Å². The highest BCUT2D eigenvalue weighted by Crippen LogP contribution is 2.37. The Balaban J connectivity index is 3.47. The summed E-state index contributed by atoms with van der Waals surface area (Å²) in [6, 6.07) is -0.292. The molecule has 0 aliphatic rings. The number of pyridine rings is 1. The number of ether oxygens (including phenoxy) is 1. The number of nitrogens with one attached hydrogen (secondary N) is 1. The van der Waals surface area contributed by atoms with Gasteiger partial charge >= 0.3 is 12.5 Å². The maximum Gasteiger partial charge on any atom is 0.573 e. The number of aromatic nitrogens is 1. The lowest BCUT2D eigenvalue weighted by Crippen LogP contribution is -2.25. The van der Waals surface area contributed by atoms with Gasteiger partial charge in [0.15, 0.2) is 11.4 Å². The highest BCUT2D eigenvalue weighted by Gasteiger charge is 2.41. The number of hydrogen-bond acceptors (Lipinski definition) is 2. The van der Waals surface area contributed by atoms with Crippen LogP contribution in [0.25, 0.3) is 0 Å². The molecular formula is C8H3F8NO2. The molecule has 0 saturated carbocycles. The minimum atomic E-state index is -5.53. The molecule has 1 aromatic heterocycles. The third kappa shape index (κ3) is 3.83. The van der Waals surface area contributed by atoms with E-state index >= 15 is 0 Å². The second-order valence-corrected chi connectivity index (χ2v) is 3.14. The Hall–Kier alpha value is -1.81. The van der Waals surface area contributed by atoms with E-state index in [4.69, 9.17) is 0 Å². The predicted octanol–water partition coefficient (Wildman–Crippen LogP) is 3.23. The molecule has 11 heteroatoms. The fourth-order valence-electron chi connectivity index (χ4n) is 1.10. The summed E-state index contributed by atoms with van der Waals surface area (Å²) in [5, 5.41) is 0. The molecular weight excluding hydrogens is 294 g/mol. The van der Waals surface area contributed by atoms with E-state index in [0.717, 1.165) is 4.98 Å². The van der Waals surface area contributed by atoms with Gasteiger partial charge < -0.3 is 9.72 Å². The first-order chi connectivity index (χ1) is 8.42.